The normalized spacial score (nSPS) is 12.5. The fourth-order valence-corrected chi connectivity index (χ4v) is 2.20. The van der Waals surface area contributed by atoms with Gasteiger partial charge >= 0.3 is 0 Å². The van der Waals surface area contributed by atoms with Crippen molar-refractivity contribution in [1.82, 2.24) is 5.32 Å². The summed E-state index contributed by atoms with van der Waals surface area (Å²) in [7, 11) is 3.45. The molecular weight excluding hydrogens is 266 g/mol. The van der Waals surface area contributed by atoms with Gasteiger partial charge in [0.2, 0.25) is 0 Å². The summed E-state index contributed by atoms with van der Waals surface area (Å²) >= 11 is 0. The summed E-state index contributed by atoms with van der Waals surface area (Å²) in [6.45, 7) is 4.90. The van der Waals surface area contributed by atoms with Crippen LogP contribution < -0.4 is 5.32 Å². The lowest BCUT2D eigenvalue weighted by Gasteiger charge is -2.18. The summed E-state index contributed by atoms with van der Waals surface area (Å²) in [4.78, 5) is 0. The van der Waals surface area contributed by atoms with Gasteiger partial charge in [-0.1, -0.05) is 30.3 Å². The Morgan fingerprint density at radius 1 is 0.952 bits per heavy atom. The van der Waals surface area contributed by atoms with E-state index in [-0.39, 0.29) is 0 Å². The molecule has 0 amide bonds. The second-order valence-corrected chi connectivity index (χ2v) is 5.05. The van der Waals surface area contributed by atoms with E-state index in [1.165, 1.54) is 5.56 Å². The van der Waals surface area contributed by atoms with Crippen LogP contribution in [0.1, 0.15) is 24.3 Å². The number of methoxy groups -OCH3 is 2. The minimum Gasteiger partial charge on any atom is -0.385 e. The molecule has 1 aromatic rings. The lowest BCUT2D eigenvalue weighted by molar-refractivity contribution is 0.0979. The molecule has 1 N–H and O–H groups in total. The number of benzene rings is 1. The van der Waals surface area contributed by atoms with Crippen LogP contribution in [-0.4, -0.2) is 53.7 Å². The van der Waals surface area contributed by atoms with Crippen molar-refractivity contribution < 1.29 is 14.2 Å². The van der Waals surface area contributed by atoms with Gasteiger partial charge in [0.25, 0.3) is 0 Å². The smallest absolute Gasteiger partial charge is 0.0587 e. The zero-order valence-electron chi connectivity index (χ0n) is 13.3. The SMILES string of the molecule is COCCCOCCC(CNCCOC)c1ccccc1. The van der Waals surface area contributed by atoms with Crippen LogP contribution in [0, 0.1) is 0 Å². The Balaban J connectivity index is 2.30. The van der Waals surface area contributed by atoms with E-state index in [1.807, 2.05) is 0 Å². The van der Waals surface area contributed by atoms with Gasteiger partial charge in [0.05, 0.1) is 6.61 Å². The van der Waals surface area contributed by atoms with Crippen LogP contribution in [0.4, 0.5) is 0 Å². The molecule has 0 saturated heterocycles. The number of nitrogens with one attached hydrogen (secondary N) is 1. The molecule has 0 fully saturated rings. The third-order valence-electron chi connectivity index (χ3n) is 3.39. The topological polar surface area (TPSA) is 39.7 Å². The maximum atomic E-state index is 5.68. The van der Waals surface area contributed by atoms with Crippen molar-refractivity contribution in [3.63, 3.8) is 0 Å². The Labute approximate surface area is 128 Å². The highest BCUT2D eigenvalue weighted by Gasteiger charge is 2.10. The van der Waals surface area contributed by atoms with Crippen molar-refractivity contribution in [2.75, 3.05) is 53.7 Å². The highest BCUT2D eigenvalue weighted by Crippen LogP contribution is 2.18. The Bertz CT molecular complexity index is 332. The van der Waals surface area contributed by atoms with Gasteiger partial charge in [-0.05, 0) is 24.3 Å². The molecule has 0 aliphatic rings. The van der Waals surface area contributed by atoms with Crippen molar-refractivity contribution in [1.29, 1.82) is 0 Å². The Hall–Kier alpha value is -0.940. The van der Waals surface area contributed by atoms with Crippen molar-refractivity contribution >= 4 is 0 Å². The molecule has 0 heterocycles. The molecule has 0 bridgehead atoms. The van der Waals surface area contributed by atoms with Crippen LogP contribution >= 0.6 is 0 Å². The number of rotatable bonds is 13. The van der Waals surface area contributed by atoms with Gasteiger partial charge in [-0.3, -0.25) is 0 Å². The average Bonchev–Trinajstić information content (AvgIpc) is 2.53. The first-order valence-corrected chi connectivity index (χ1v) is 7.69. The van der Waals surface area contributed by atoms with Crippen LogP contribution in [0.5, 0.6) is 0 Å². The summed E-state index contributed by atoms with van der Waals surface area (Å²) in [6, 6.07) is 10.6. The van der Waals surface area contributed by atoms with E-state index >= 15 is 0 Å². The summed E-state index contributed by atoms with van der Waals surface area (Å²) < 4.78 is 15.8. The minimum atomic E-state index is 0.477. The van der Waals surface area contributed by atoms with Gasteiger partial charge in [0.15, 0.2) is 0 Å². The van der Waals surface area contributed by atoms with Crippen molar-refractivity contribution in [3.05, 3.63) is 35.9 Å². The molecule has 1 aromatic carbocycles. The van der Waals surface area contributed by atoms with E-state index in [0.29, 0.717) is 5.92 Å². The van der Waals surface area contributed by atoms with E-state index < -0.39 is 0 Å². The second-order valence-electron chi connectivity index (χ2n) is 5.05. The molecule has 1 rings (SSSR count). The molecule has 120 valence electrons. The number of hydrogen-bond acceptors (Lipinski definition) is 4. The van der Waals surface area contributed by atoms with Gasteiger partial charge in [0, 0.05) is 47.1 Å². The number of hydrogen-bond donors (Lipinski definition) is 1. The monoisotopic (exact) mass is 295 g/mol. The summed E-state index contributed by atoms with van der Waals surface area (Å²) in [5.41, 5.74) is 1.36. The van der Waals surface area contributed by atoms with E-state index in [2.05, 4.69) is 35.6 Å². The molecule has 21 heavy (non-hydrogen) atoms. The van der Waals surface area contributed by atoms with Gasteiger partial charge < -0.3 is 19.5 Å². The van der Waals surface area contributed by atoms with Crippen molar-refractivity contribution in [2.24, 2.45) is 0 Å². The fourth-order valence-electron chi connectivity index (χ4n) is 2.20. The fraction of sp³-hybridized carbons (Fsp3) is 0.647. The third-order valence-corrected chi connectivity index (χ3v) is 3.39. The van der Waals surface area contributed by atoms with Crippen molar-refractivity contribution in [2.45, 2.75) is 18.8 Å². The first kappa shape index (κ1) is 18.1. The molecule has 0 aromatic heterocycles. The van der Waals surface area contributed by atoms with E-state index in [9.17, 15) is 0 Å². The number of ether oxygens (including phenoxy) is 3. The van der Waals surface area contributed by atoms with Crippen molar-refractivity contribution in [3.8, 4) is 0 Å². The first-order valence-electron chi connectivity index (χ1n) is 7.69. The third kappa shape index (κ3) is 8.83. The molecule has 0 saturated carbocycles. The Morgan fingerprint density at radius 3 is 2.43 bits per heavy atom. The quantitative estimate of drug-likeness (QED) is 0.567. The second kappa shape index (κ2) is 12.8. The maximum absolute atomic E-state index is 5.68. The van der Waals surface area contributed by atoms with Gasteiger partial charge in [-0.2, -0.15) is 0 Å². The van der Waals surface area contributed by atoms with E-state index in [0.717, 1.165) is 52.4 Å². The summed E-state index contributed by atoms with van der Waals surface area (Å²) in [5, 5.41) is 3.45. The summed E-state index contributed by atoms with van der Waals surface area (Å²) in [5.74, 6) is 0.477. The Kier molecular flexibility index (Phi) is 11.0. The first-order chi connectivity index (χ1) is 10.4. The predicted octanol–water partition coefficient (Wildman–Crippen LogP) is 2.45. The molecule has 4 nitrogen and oxygen atoms in total. The molecule has 0 spiro atoms. The average molecular weight is 295 g/mol. The largest absolute Gasteiger partial charge is 0.385 e. The van der Waals surface area contributed by atoms with Crippen LogP contribution in [-0.2, 0) is 14.2 Å². The van der Waals surface area contributed by atoms with Crippen LogP contribution in [0.15, 0.2) is 30.3 Å². The zero-order chi connectivity index (χ0) is 15.2. The molecule has 0 aliphatic carbocycles. The lowest BCUT2D eigenvalue weighted by Crippen LogP contribution is -2.26. The zero-order valence-corrected chi connectivity index (χ0v) is 13.3. The lowest BCUT2D eigenvalue weighted by atomic mass is 9.96. The maximum Gasteiger partial charge on any atom is 0.0587 e. The Morgan fingerprint density at radius 2 is 1.71 bits per heavy atom. The van der Waals surface area contributed by atoms with E-state index in [4.69, 9.17) is 14.2 Å². The highest BCUT2D eigenvalue weighted by atomic mass is 16.5. The highest BCUT2D eigenvalue weighted by molar-refractivity contribution is 5.19. The van der Waals surface area contributed by atoms with Gasteiger partial charge in [-0.15, -0.1) is 0 Å². The van der Waals surface area contributed by atoms with Gasteiger partial charge in [0.1, 0.15) is 0 Å². The van der Waals surface area contributed by atoms with Crippen LogP contribution in [0.25, 0.3) is 0 Å². The minimum absolute atomic E-state index is 0.477. The molecule has 0 aliphatic heterocycles. The van der Waals surface area contributed by atoms with E-state index in [1.54, 1.807) is 14.2 Å². The van der Waals surface area contributed by atoms with Gasteiger partial charge in [-0.25, -0.2) is 0 Å². The summed E-state index contributed by atoms with van der Waals surface area (Å²) in [6.07, 6.45) is 1.98. The van der Waals surface area contributed by atoms with Crippen LogP contribution in [0.3, 0.4) is 0 Å². The molecule has 0 radical (unpaired) electrons. The van der Waals surface area contributed by atoms with Crippen LogP contribution in [0.2, 0.25) is 0 Å². The predicted molar refractivity (Wildman–Crippen MR) is 85.9 cm³/mol. The molecule has 4 heteroatoms. The molecule has 1 atom stereocenters. The standard InChI is InChI=1S/C17H29NO3/c1-19-11-6-12-21-13-9-17(15-18-10-14-20-2)16-7-4-3-5-8-16/h3-5,7-8,17-18H,6,9-15H2,1-2H3. The molecular formula is C17H29NO3. The molecule has 1 unspecified atom stereocenters.